The highest BCUT2D eigenvalue weighted by Crippen LogP contribution is 2.19. The Bertz CT molecular complexity index is 1060. The van der Waals surface area contributed by atoms with Crippen LogP contribution in [-0.2, 0) is 27.4 Å². The summed E-state index contributed by atoms with van der Waals surface area (Å²) in [5, 5.41) is 1.68. The van der Waals surface area contributed by atoms with Crippen LogP contribution in [0.15, 0.2) is 64.8 Å². The molecule has 0 aliphatic carbocycles. The van der Waals surface area contributed by atoms with Crippen molar-refractivity contribution in [3.05, 3.63) is 86.5 Å². The zero-order valence-corrected chi connectivity index (χ0v) is 17.1. The molecule has 3 aromatic rings. The number of ether oxygens (including phenoxy) is 1. The number of hydrogen-bond acceptors (Lipinski definition) is 5. The molecule has 6 nitrogen and oxygen atoms in total. The number of benzene rings is 2. The summed E-state index contributed by atoms with van der Waals surface area (Å²) in [6, 6.07) is 17.2. The van der Waals surface area contributed by atoms with E-state index in [9.17, 15) is 14.4 Å². The zero-order valence-electron chi connectivity index (χ0n) is 16.3. The molecule has 0 atom stereocenters. The molecule has 1 aromatic heterocycles. The molecule has 2 aromatic carbocycles. The Morgan fingerprint density at radius 1 is 1.07 bits per heavy atom. The largest absolute Gasteiger partial charge is 0.454 e. The molecule has 29 heavy (non-hydrogen) atoms. The van der Waals surface area contributed by atoms with E-state index in [1.54, 1.807) is 17.2 Å². The maximum Gasteiger partial charge on any atom is 0.326 e. The highest BCUT2D eigenvalue weighted by molar-refractivity contribution is 7.07. The number of aromatic nitrogens is 1. The summed E-state index contributed by atoms with van der Waals surface area (Å²) in [4.78, 5) is 38.1. The van der Waals surface area contributed by atoms with Crippen molar-refractivity contribution in [2.45, 2.75) is 26.9 Å². The van der Waals surface area contributed by atoms with Crippen molar-refractivity contribution in [2.75, 3.05) is 11.5 Å². The van der Waals surface area contributed by atoms with Crippen LogP contribution in [0.5, 0.6) is 0 Å². The second kappa shape index (κ2) is 9.34. The average molecular weight is 410 g/mol. The van der Waals surface area contributed by atoms with E-state index >= 15 is 0 Å². The van der Waals surface area contributed by atoms with Crippen molar-refractivity contribution in [3.8, 4) is 0 Å². The predicted octanol–water partition coefficient (Wildman–Crippen LogP) is 3.30. The summed E-state index contributed by atoms with van der Waals surface area (Å²) < 4.78 is 6.51. The summed E-state index contributed by atoms with van der Waals surface area (Å²) in [5.41, 5.74) is 3.42. The van der Waals surface area contributed by atoms with Crippen molar-refractivity contribution >= 4 is 28.9 Å². The predicted molar refractivity (Wildman–Crippen MR) is 113 cm³/mol. The standard InChI is InChI=1S/C22H22N2O4S/c1-16-7-6-10-19(11-16)24(12-18-8-4-3-5-9-18)20(25)14-28-21(26)13-23-17(2)15-29-22(23)27/h3-11,15H,12-14H2,1-2H3. The molecule has 7 heteroatoms. The molecule has 0 bridgehead atoms. The lowest BCUT2D eigenvalue weighted by atomic mass is 10.1. The Labute approximate surface area is 173 Å². The van der Waals surface area contributed by atoms with Crippen LogP contribution in [0, 0.1) is 13.8 Å². The average Bonchev–Trinajstić information content (AvgIpc) is 3.03. The summed E-state index contributed by atoms with van der Waals surface area (Å²) in [6.45, 7) is 3.47. The maximum absolute atomic E-state index is 12.9. The molecule has 150 valence electrons. The fraction of sp³-hybridized carbons (Fsp3) is 0.227. The van der Waals surface area contributed by atoms with E-state index in [4.69, 9.17) is 4.74 Å². The van der Waals surface area contributed by atoms with E-state index in [-0.39, 0.29) is 17.3 Å². The summed E-state index contributed by atoms with van der Waals surface area (Å²) in [6.07, 6.45) is 0. The monoisotopic (exact) mass is 410 g/mol. The van der Waals surface area contributed by atoms with Gasteiger partial charge in [0, 0.05) is 16.8 Å². The van der Waals surface area contributed by atoms with Crippen LogP contribution in [-0.4, -0.2) is 23.1 Å². The van der Waals surface area contributed by atoms with E-state index in [1.165, 1.54) is 4.57 Å². The van der Waals surface area contributed by atoms with Crippen LogP contribution in [0.3, 0.4) is 0 Å². The first kappa shape index (κ1) is 20.5. The zero-order chi connectivity index (χ0) is 20.8. The highest BCUT2D eigenvalue weighted by Gasteiger charge is 2.19. The van der Waals surface area contributed by atoms with Crippen molar-refractivity contribution in [1.82, 2.24) is 4.57 Å². The van der Waals surface area contributed by atoms with E-state index in [0.717, 1.165) is 28.2 Å². The highest BCUT2D eigenvalue weighted by atomic mass is 32.1. The SMILES string of the molecule is Cc1cccc(N(Cc2ccccc2)C(=O)COC(=O)Cn2c(C)csc2=O)c1. The molecule has 0 saturated carbocycles. The van der Waals surface area contributed by atoms with Crippen molar-refractivity contribution in [1.29, 1.82) is 0 Å². The van der Waals surface area contributed by atoms with Gasteiger partial charge in [0.05, 0.1) is 6.54 Å². The molecule has 0 aliphatic heterocycles. The molecular formula is C22H22N2O4S. The van der Waals surface area contributed by atoms with E-state index in [1.807, 2.05) is 61.5 Å². The number of thiazole rings is 1. The molecular weight excluding hydrogens is 388 g/mol. The fourth-order valence-corrected chi connectivity index (χ4v) is 3.61. The Morgan fingerprint density at radius 2 is 1.83 bits per heavy atom. The molecule has 1 amide bonds. The number of hydrogen-bond donors (Lipinski definition) is 0. The Balaban J connectivity index is 1.71. The van der Waals surface area contributed by atoms with Crippen LogP contribution in [0.25, 0.3) is 0 Å². The first-order valence-electron chi connectivity index (χ1n) is 9.15. The third-order valence-electron chi connectivity index (χ3n) is 4.42. The molecule has 0 fully saturated rings. The summed E-state index contributed by atoms with van der Waals surface area (Å²) in [7, 11) is 0. The minimum atomic E-state index is -0.620. The van der Waals surface area contributed by atoms with Crippen LogP contribution in [0.2, 0.25) is 0 Å². The maximum atomic E-state index is 12.9. The van der Waals surface area contributed by atoms with Gasteiger partial charge in [0.1, 0.15) is 6.54 Å². The lowest BCUT2D eigenvalue weighted by Crippen LogP contribution is -2.35. The van der Waals surface area contributed by atoms with Gasteiger partial charge in [-0.3, -0.25) is 19.0 Å². The van der Waals surface area contributed by atoms with Gasteiger partial charge < -0.3 is 9.64 Å². The van der Waals surface area contributed by atoms with Gasteiger partial charge in [-0.1, -0.05) is 53.8 Å². The van der Waals surface area contributed by atoms with Crippen LogP contribution >= 0.6 is 11.3 Å². The second-order valence-electron chi connectivity index (χ2n) is 6.69. The van der Waals surface area contributed by atoms with Crippen LogP contribution < -0.4 is 9.77 Å². The number of carbonyl (C=O) groups excluding carboxylic acids is 2. The molecule has 0 radical (unpaired) electrons. The van der Waals surface area contributed by atoms with Gasteiger partial charge in [-0.2, -0.15) is 0 Å². The fourth-order valence-electron chi connectivity index (χ4n) is 2.88. The summed E-state index contributed by atoms with van der Waals surface area (Å²) in [5.74, 6) is -0.951. The van der Waals surface area contributed by atoms with E-state index in [2.05, 4.69) is 0 Å². The quantitative estimate of drug-likeness (QED) is 0.561. The molecule has 0 spiro atoms. The molecule has 1 heterocycles. The first-order chi connectivity index (χ1) is 13.9. The normalized spacial score (nSPS) is 10.6. The third-order valence-corrected chi connectivity index (χ3v) is 5.30. The van der Waals surface area contributed by atoms with Gasteiger partial charge in [-0.05, 0) is 37.1 Å². The topological polar surface area (TPSA) is 68.6 Å². The molecule has 0 aliphatic rings. The number of esters is 1. The lowest BCUT2D eigenvalue weighted by Gasteiger charge is -2.23. The number of anilines is 1. The number of carbonyl (C=O) groups is 2. The molecule has 0 unspecified atom stereocenters. The lowest BCUT2D eigenvalue weighted by molar-refractivity contribution is -0.148. The number of aryl methyl sites for hydroxylation is 2. The minimum absolute atomic E-state index is 0.204. The first-order valence-corrected chi connectivity index (χ1v) is 10.0. The molecule has 0 saturated heterocycles. The molecule has 3 rings (SSSR count). The smallest absolute Gasteiger partial charge is 0.326 e. The van der Waals surface area contributed by atoms with Crippen molar-refractivity contribution < 1.29 is 14.3 Å². The van der Waals surface area contributed by atoms with Crippen LogP contribution in [0.1, 0.15) is 16.8 Å². The van der Waals surface area contributed by atoms with Gasteiger partial charge in [-0.25, -0.2) is 0 Å². The van der Waals surface area contributed by atoms with Crippen molar-refractivity contribution in [3.63, 3.8) is 0 Å². The van der Waals surface area contributed by atoms with Gasteiger partial charge in [0.15, 0.2) is 6.61 Å². The Hall–Kier alpha value is -3.19. The molecule has 0 N–H and O–H groups in total. The summed E-state index contributed by atoms with van der Waals surface area (Å²) >= 11 is 1.03. The Kier molecular flexibility index (Phi) is 6.61. The van der Waals surface area contributed by atoms with Gasteiger partial charge in [-0.15, -0.1) is 0 Å². The van der Waals surface area contributed by atoms with E-state index in [0.29, 0.717) is 12.2 Å². The van der Waals surface area contributed by atoms with Crippen molar-refractivity contribution in [2.24, 2.45) is 0 Å². The van der Waals surface area contributed by atoms with Gasteiger partial charge >= 0.3 is 10.8 Å². The number of amides is 1. The van der Waals surface area contributed by atoms with Crippen LogP contribution in [0.4, 0.5) is 5.69 Å². The van der Waals surface area contributed by atoms with Gasteiger partial charge in [0.2, 0.25) is 0 Å². The van der Waals surface area contributed by atoms with Gasteiger partial charge in [0.25, 0.3) is 5.91 Å². The minimum Gasteiger partial charge on any atom is -0.454 e. The Morgan fingerprint density at radius 3 is 2.48 bits per heavy atom. The number of nitrogens with zero attached hydrogens (tertiary/aromatic N) is 2. The third kappa shape index (κ3) is 5.42. The van der Waals surface area contributed by atoms with E-state index < -0.39 is 12.6 Å². The number of rotatable bonds is 7. The second-order valence-corrected chi connectivity index (χ2v) is 7.51.